The first-order chi connectivity index (χ1) is 6.69. The van der Waals surface area contributed by atoms with E-state index in [2.05, 4.69) is 15.9 Å². The summed E-state index contributed by atoms with van der Waals surface area (Å²) in [6.07, 6.45) is 2.41. The van der Waals surface area contributed by atoms with Gasteiger partial charge < -0.3 is 5.73 Å². The zero-order valence-corrected chi connectivity index (χ0v) is 10.3. The van der Waals surface area contributed by atoms with Crippen molar-refractivity contribution in [1.82, 2.24) is 0 Å². The molecule has 4 heteroatoms. The molecule has 2 nitrogen and oxygen atoms in total. The van der Waals surface area contributed by atoms with Gasteiger partial charge in [0.1, 0.15) is 0 Å². The first-order valence-electron chi connectivity index (χ1n) is 4.26. The second-order valence-electron chi connectivity index (χ2n) is 2.81. The van der Waals surface area contributed by atoms with Crippen LogP contribution in [0.1, 0.15) is 16.8 Å². The second-order valence-corrected chi connectivity index (χ2v) is 4.51. The van der Waals surface area contributed by atoms with E-state index >= 15 is 0 Å². The molecule has 0 atom stereocenters. The summed E-state index contributed by atoms with van der Waals surface area (Å²) in [4.78, 5) is 12.6. The molecule has 0 aliphatic heterocycles. The van der Waals surface area contributed by atoms with E-state index in [1.54, 1.807) is 11.8 Å². The average Bonchev–Trinajstić information content (AvgIpc) is 2.18. The van der Waals surface area contributed by atoms with Crippen LogP contribution in [0.3, 0.4) is 0 Å². The van der Waals surface area contributed by atoms with Gasteiger partial charge in [0.2, 0.25) is 0 Å². The molecule has 76 valence electrons. The Morgan fingerprint density at radius 1 is 1.57 bits per heavy atom. The first kappa shape index (κ1) is 11.8. The Kier molecular flexibility index (Phi) is 4.65. The van der Waals surface area contributed by atoms with Crippen LogP contribution in [0.15, 0.2) is 27.6 Å². The molecular formula is C10H12BrNOS. The third-order valence-corrected chi connectivity index (χ3v) is 3.56. The maximum absolute atomic E-state index is 11.5. The number of benzene rings is 1. The van der Waals surface area contributed by atoms with Crippen molar-refractivity contribution in [2.24, 2.45) is 5.73 Å². The van der Waals surface area contributed by atoms with Crippen molar-refractivity contribution < 1.29 is 4.79 Å². The van der Waals surface area contributed by atoms with Gasteiger partial charge >= 0.3 is 0 Å². The highest BCUT2D eigenvalue weighted by molar-refractivity contribution is 9.10. The minimum Gasteiger partial charge on any atom is -0.330 e. The third kappa shape index (κ3) is 2.83. The first-order valence-corrected chi connectivity index (χ1v) is 6.27. The molecule has 0 spiro atoms. The molecule has 1 aromatic carbocycles. The standard InChI is InChI=1S/C10H12BrNOS/c1-14-10-3-2-7(6-8(10)11)9(13)4-5-12/h2-3,6H,4-5,12H2,1H3. The second kappa shape index (κ2) is 5.53. The van der Waals surface area contributed by atoms with Gasteiger partial charge in [0.25, 0.3) is 0 Å². The van der Waals surface area contributed by atoms with Crippen molar-refractivity contribution in [3.63, 3.8) is 0 Å². The van der Waals surface area contributed by atoms with Gasteiger partial charge in [0.05, 0.1) is 0 Å². The number of halogens is 1. The number of thioether (sulfide) groups is 1. The number of ketones is 1. The lowest BCUT2D eigenvalue weighted by molar-refractivity contribution is 0.0985. The molecule has 0 saturated carbocycles. The van der Waals surface area contributed by atoms with E-state index in [1.807, 2.05) is 24.5 Å². The molecule has 0 unspecified atom stereocenters. The van der Waals surface area contributed by atoms with E-state index in [4.69, 9.17) is 5.73 Å². The van der Waals surface area contributed by atoms with E-state index in [0.717, 1.165) is 14.9 Å². The molecule has 0 fully saturated rings. The van der Waals surface area contributed by atoms with E-state index < -0.39 is 0 Å². The zero-order valence-electron chi connectivity index (χ0n) is 7.92. The van der Waals surface area contributed by atoms with Crippen molar-refractivity contribution >= 4 is 33.5 Å². The predicted molar refractivity (Wildman–Crippen MR) is 63.9 cm³/mol. The molecule has 0 amide bonds. The number of hydrogen-bond donors (Lipinski definition) is 1. The summed E-state index contributed by atoms with van der Waals surface area (Å²) in [6, 6.07) is 5.64. The minimum absolute atomic E-state index is 0.0980. The topological polar surface area (TPSA) is 43.1 Å². The van der Waals surface area contributed by atoms with Crippen LogP contribution < -0.4 is 5.73 Å². The Morgan fingerprint density at radius 3 is 2.79 bits per heavy atom. The van der Waals surface area contributed by atoms with Crippen LogP contribution in [0.25, 0.3) is 0 Å². The fraction of sp³-hybridized carbons (Fsp3) is 0.300. The molecule has 0 bridgehead atoms. The molecule has 14 heavy (non-hydrogen) atoms. The molecule has 1 rings (SSSR count). The van der Waals surface area contributed by atoms with Crippen LogP contribution in [-0.2, 0) is 0 Å². The number of carbonyl (C=O) groups is 1. The van der Waals surface area contributed by atoms with Crippen LogP contribution in [0.5, 0.6) is 0 Å². The molecule has 0 heterocycles. The maximum atomic E-state index is 11.5. The molecular weight excluding hydrogens is 262 g/mol. The van der Waals surface area contributed by atoms with Crippen molar-refractivity contribution in [3.05, 3.63) is 28.2 Å². The SMILES string of the molecule is CSc1ccc(C(=O)CCN)cc1Br. The van der Waals surface area contributed by atoms with Gasteiger partial charge in [-0.1, -0.05) is 6.07 Å². The van der Waals surface area contributed by atoms with Gasteiger partial charge in [-0.05, 0) is 40.9 Å². The minimum atomic E-state index is 0.0980. The van der Waals surface area contributed by atoms with Crippen molar-refractivity contribution in [2.75, 3.05) is 12.8 Å². The van der Waals surface area contributed by atoms with Gasteiger partial charge in [-0.15, -0.1) is 11.8 Å². The van der Waals surface area contributed by atoms with Crippen LogP contribution in [-0.4, -0.2) is 18.6 Å². The quantitative estimate of drug-likeness (QED) is 0.678. The summed E-state index contributed by atoms with van der Waals surface area (Å²) in [6.45, 7) is 0.404. The smallest absolute Gasteiger partial charge is 0.164 e. The molecule has 1 aromatic rings. The Morgan fingerprint density at radius 2 is 2.29 bits per heavy atom. The van der Waals surface area contributed by atoms with Crippen LogP contribution in [0.4, 0.5) is 0 Å². The summed E-state index contributed by atoms with van der Waals surface area (Å²) in [7, 11) is 0. The molecule has 0 aliphatic carbocycles. The van der Waals surface area contributed by atoms with Crippen molar-refractivity contribution in [2.45, 2.75) is 11.3 Å². The zero-order chi connectivity index (χ0) is 10.6. The highest BCUT2D eigenvalue weighted by Crippen LogP contribution is 2.26. The number of nitrogens with two attached hydrogens (primary N) is 1. The highest BCUT2D eigenvalue weighted by Gasteiger charge is 2.06. The Balaban J connectivity index is 2.91. The van der Waals surface area contributed by atoms with Crippen molar-refractivity contribution in [1.29, 1.82) is 0 Å². The van der Waals surface area contributed by atoms with Gasteiger partial charge in [-0.2, -0.15) is 0 Å². The summed E-state index contributed by atoms with van der Waals surface area (Å²) >= 11 is 5.07. The van der Waals surface area contributed by atoms with Crippen LogP contribution >= 0.6 is 27.7 Å². The Hall–Kier alpha value is -0.320. The molecule has 0 aliphatic rings. The normalized spacial score (nSPS) is 10.2. The monoisotopic (exact) mass is 273 g/mol. The average molecular weight is 274 g/mol. The van der Waals surface area contributed by atoms with Crippen LogP contribution in [0, 0.1) is 0 Å². The lowest BCUT2D eigenvalue weighted by Crippen LogP contribution is -2.08. The highest BCUT2D eigenvalue weighted by atomic mass is 79.9. The Bertz CT molecular complexity index is 341. The largest absolute Gasteiger partial charge is 0.330 e. The number of rotatable bonds is 4. The van der Waals surface area contributed by atoms with Crippen molar-refractivity contribution in [3.8, 4) is 0 Å². The molecule has 0 aromatic heterocycles. The van der Waals surface area contributed by atoms with E-state index in [1.165, 1.54) is 0 Å². The lowest BCUT2D eigenvalue weighted by Gasteiger charge is -2.03. The van der Waals surface area contributed by atoms with E-state index in [9.17, 15) is 4.79 Å². The Labute approximate surface area is 96.4 Å². The van der Waals surface area contributed by atoms with E-state index in [-0.39, 0.29) is 5.78 Å². The van der Waals surface area contributed by atoms with E-state index in [0.29, 0.717) is 13.0 Å². The fourth-order valence-electron chi connectivity index (χ4n) is 1.12. The molecule has 0 saturated heterocycles. The summed E-state index contributed by atoms with van der Waals surface area (Å²) < 4.78 is 0.966. The van der Waals surface area contributed by atoms with Gasteiger partial charge in [-0.3, -0.25) is 4.79 Å². The van der Waals surface area contributed by atoms with Gasteiger partial charge in [0, 0.05) is 21.4 Å². The maximum Gasteiger partial charge on any atom is 0.164 e. The number of carbonyl (C=O) groups excluding carboxylic acids is 1. The number of Topliss-reactive ketones (excluding diaryl/α,β-unsaturated/α-hetero) is 1. The molecule has 0 radical (unpaired) electrons. The van der Waals surface area contributed by atoms with Gasteiger partial charge in [-0.25, -0.2) is 0 Å². The fourth-order valence-corrected chi connectivity index (χ4v) is 2.44. The lowest BCUT2D eigenvalue weighted by atomic mass is 10.1. The van der Waals surface area contributed by atoms with Crippen LogP contribution in [0.2, 0.25) is 0 Å². The third-order valence-electron chi connectivity index (χ3n) is 1.85. The van der Waals surface area contributed by atoms with Gasteiger partial charge in [0.15, 0.2) is 5.78 Å². The summed E-state index contributed by atoms with van der Waals surface area (Å²) in [5, 5.41) is 0. The number of hydrogen-bond acceptors (Lipinski definition) is 3. The molecule has 2 N–H and O–H groups in total. The summed E-state index contributed by atoms with van der Waals surface area (Å²) in [5.41, 5.74) is 6.05. The summed E-state index contributed by atoms with van der Waals surface area (Å²) in [5.74, 6) is 0.0980. The predicted octanol–water partition coefficient (Wildman–Crippen LogP) is 2.70.